The SMILES string of the molecule is O=C(NC1CCC1)[C@@H]1[C@@H](CO)[C@@H]2Cn3c(ccc(-c4ccccc4F)c3=O)[C@@H]2N1Cc1ccncc1. The molecule has 186 valence electrons. The number of amides is 1. The Hall–Kier alpha value is -3.36. The molecule has 2 N–H and O–H groups in total. The van der Waals surface area contributed by atoms with Gasteiger partial charge < -0.3 is 15.0 Å². The zero-order chi connectivity index (χ0) is 24.8. The zero-order valence-corrected chi connectivity index (χ0v) is 19.9. The lowest BCUT2D eigenvalue weighted by Gasteiger charge is -2.34. The van der Waals surface area contributed by atoms with E-state index in [0.717, 1.165) is 30.5 Å². The molecule has 2 aromatic heterocycles. The van der Waals surface area contributed by atoms with Gasteiger partial charge in [-0.05, 0) is 55.2 Å². The highest BCUT2D eigenvalue weighted by Crippen LogP contribution is 2.50. The van der Waals surface area contributed by atoms with Crippen molar-refractivity contribution in [3.8, 4) is 11.1 Å². The fourth-order valence-electron chi connectivity index (χ4n) is 6.21. The third kappa shape index (κ3) is 3.76. The summed E-state index contributed by atoms with van der Waals surface area (Å²) in [6.07, 6.45) is 6.53. The van der Waals surface area contributed by atoms with Gasteiger partial charge in [-0.15, -0.1) is 0 Å². The molecule has 4 heterocycles. The Morgan fingerprint density at radius 2 is 1.86 bits per heavy atom. The second-order valence-electron chi connectivity index (χ2n) is 10.1. The number of carbonyl (C=O) groups is 1. The van der Waals surface area contributed by atoms with Crippen LogP contribution in [0, 0.1) is 17.7 Å². The van der Waals surface area contributed by atoms with Gasteiger partial charge in [-0.3, -0.25) is 19.5 Å². The van der Waals surface area contributed by atoms with Crippen molar-refractivity contribution < 1.29 is 14.3 Å². The largest absolute Gasteiger partial charge is 0.396 e. The van der Waals surface area contributed by atoms with Crippen LogP contribution in [0.4, 0.5) is 4.39 Å². The van der Waals surface area contributed by atoms with E-state index in [1.165, 1.54) is 6.07 Å². The molecule has 36 heavy (non-hydrogen) atoms. The fourth-order valence-corrected chi connectivity index (χ4v) is 6.21. The van der Waals surface area contributed by atoms with Crippen LogP contribution in [0.3, 0.4) is 0 Å². The molecule has 2 aliphatic heterocycles. The summed E-state index contributed by atoms with van der Waals surface area (Å²) >= 11 is 0. The lowest BCUT2D eigenvalue weighted by molar-refractivity contribution is -0.129. The van der Waals surface area contributed by atoms with Crippen molar-refractivity contribution in [1.82, 2.24) is 19.8 Å². The monoisotopic (exact) mass is 488 g/mol. The number of aliphatic hydroxyl groups is 1. The van der Waals surface area contributed by atoms with E-state index in [1.807, 2.05) is 18.2 Å². The van der Waals surface area contributed by atoms with Crippen LogP contribution in [-0.2, 0) is 17.9 Å². The van der Waals surface area contributed by atoms with Crippen LogP contribution in [-0.4, -0.2) is 44.2 Å². The lowest BCUT2D eigenvalue weighted by atomic mass is 9.87. The molecule has 3 aromatic rings. The Kier molecular flexibility index (Phi) is 5.93. The normalized spacial score (nSPS) is 25.3. The molecule has 0 unspecified atom stereocenters. The predicted octanol–water partition coefficient (Wildman–Crippen LogP) is 2.88. The van der Waals surface area contributed by atoms with E-state index in [4.69, 9.17) is 0 Å². The highest BCUT2D eigenvalue weighted by molar-refractivity contribution is 5.83. The van der Waals surface area contributed by atoms with Gasteiger partial charge in [0.1, 0.15) is 5.82 Å². The number of pyridine rings is 2. The summed E-state index contributed by atoms with van der Waals surface area (Å²) in [7, 11) is 0. The number of fused-ring (bicyclic) bond motifs is 3. The number of rotatable bonds is 6. The standard InChI is InChI=1S/C28H29FN4O3/c29-23-7-2-1-6-19(23)20-8-9-24-25-21(15-32(24)28(20)36)22(16-34)26(27(35)31-18-4-3-5-18)33(25)14-17-10-12-30-13-11-17/h1-2,6-13,18,21-22,25-26,34H,3-5,14-16H2,(H,31,35)/t21-,22-,25+,26-/m0/s1. The summed E-state index contributed by atoms with van der Waals surface area (Å²) in [5.74, 6) is -0.932. The van der Waals surface area contributed by atoms with Crippen molar-refractivity contribution >= 4 is 5.91 Å². The molecule has 8 heteroatoms. The molecule has 1 saturated heterocycles. The molecule has 7 nitrogen and oxygen atoms in total. The Bertz CT molecular complexity index is 1340. The van der Waals surface area contributed by atoms with E-state index in [9.17, 15) is 19.1 Å². The van der Waals surface area contributed by atoms with E-state index in [0.29, 0.717) is 18.7 Å². The second kappa shape index (κ2) is 9.26. The van der Waals surface area contributed by atoms with Crippen LogP contribution in [0.25, 0.3) is 11.1 Å². The summed E-state index contributed by atoms with van der Waals surface area (Å²) in [4.78, 5) is 33.3. The molecule has 0 radical (unpaired) electrons. The molecule has 4 atom stereocenters. The number of hydrogen-bond acceptors (Lipinski definition) is 5. The average Bonchev–Trinajstić information content (AvgIpc) is 3.38. The number of nitrogens with zero attached hydrogens (tertiary/aromatic N) is 3. The number of hydrogen-bond donors (Lipinski definition) is 2. The fraction of sp³-hybridized carbons (Fsp3) is 0.393. The van der Waals surface area contributed by atoms with E-state index < -0.39 is 11.9 Å². The van der Waals surface area contributed by atoms with Crippen LogP contribution >= 0.6 is 0 Å². The summed E-state index contributed by atoms with van der Waals surface area (Å²) in [5.41, 5.74) is 2.16. The zero-order valence-electron chi connectivity index (χ0n) is 19.9. The first-order valence-corrected chi connectivity index (χ1v) is 12.6. The number of nitrogens with one attached hydrogen (secondary N) is 1. The van der Waals surface area contributed by atoms with E-state index in [1.54, 1.807) is 41.2 Å². The van der Waals surface area contributed by atoms with Gasteiger partial charge in [-0.25, -0.2) is 4.39 Å². The van der Waals surface area contributed by atoms with E-state index >= 15 is 0 Å². The molecule has 0 spiro atoms. The minimum atomic E-state index is -0.506. The number of carbonyl (C=O) groups excluding carboxylic acids is 1. The first-order chi connectivity index (χ1) is 17.6. The van der Waals surface area contributed by atoms with Crippen LogP contribution in [0.15, 0.2) is 65.7 Å². The van der Waals surface area contributed by atoms with Crippen molar-refractivity contribution in [1.29, 1.82) is 0 Å². The van der Waals surface area contributed by atoms with Crippen LogP contribution in [0.5, 0.6) is 0 Å². The van der Waals surface area contributed by atoms with Gasteiger partial charge in [0.15, 0.2) is 0 Å². The molecular weight excluding hydrogens is 459 g/mol. The molecular formula is C28H29FN4O3. The molecule has 1 amide bonds. The number of likely N-dealkylation sites (tertiary alicyclic amines) is 1. The highest BCUT2D eigenvalue weighted by Gasteiger charge is 2.55. The smallest absolute Gasteiger partial charge is 0.258 e. The molecule has 0 bridgehead atoms. The van der Waals surface area contributed by atoms with Crippen LogP contribution in [0.1, 0.15) is 36.6 Å². The number of benzene rings is 1. The predicted molar refractivity (Wildman–Crippen MR) is 132 cm³/mol. The summed E-state index contributed by atoms with van der Waals surface area (Å²) in [5, 5.41) is 13.7. The maximum absolute atomic E-state index is 14.5. The van der Waals surface area contributed by atoms with Gasteiger partial charge in [-0.2, -0.15) is 0 Å². The Labute approximate surface area is 208 Å². The first kappa shape index (κ1) is 23.1. The quantitative estimate of drug-likeness (QED) is 0.557. The first-order valence-electron chi connectivity index (χ1n) is 12.6. The van der Waals surface area contributed by atoms with Gasteiger partial charge >= 0.3 is 0 Å². The minimum Gasteiger partial charge on any atom is -0.396 e. The molecule has 6 rings (SSSR count). The van der Waals surface area contributed by atoms with Gasteiger partial charge in [-0.1, -0.05) is 18.2 Å². The minimum absolute atomic E-state index is 0.0564. The summed E-state index contributed by atoms with van der Waals surface area (Å²) in [6.45, 7) is 0.721. The van der Waals surface area contributed by atoms with Gasteiger partial charge in [0.2, 0.25) is 5.91 Å². The van der Waals surface area contributed by atoms with Gasteiger partial charge in [0.05, 0.1) is 17.6 Å². The number of aromatic nitrogens is 2. The molecule has 3 aliphatic rings. The Balaban J connectivity index is 1.41. The average molecular weight is 489 g/mol. The number of halogens is 1. The van der Waals surface area contributed by atoms with Crippen LogP contribution < -0.4 is 10.9 Å². The molecule has 2 fully saturated rings. The maximum Gasteiger partial charge on any atom is 0.258 e. The molecule has 1 aromatic carbocycles. The number of aliphatic hydroxyl groups excluding tert-OH is 1. The third-order valence-electron chi connectivity index (χ3n) is 8.19. The maximum atomic E-state index is 14.5. The molecule has 1 saturated carbocycles. The summed E-state index contributed by atoms with van der Waals surface area (Å²) < 4.78 is 16.2. The van der Waals surface area contributed by atoms with Gasteiger partial charge in [0.25, 0.3) is 5.56 Å². The van der Waals surface area contributed by atoms with Crippen molar-refractivity contribution in [2.24, 2.45) is 11.8 Å². The topological polar surface area (TPSA) is 87.5 Å². The Morgan fingerprint density at radius 1 is 1.08 bits per heavy atom. The summed E-state index contributed by atoms with van der Waals surface area (Å²) in [6, 6.07) is 13.2. The molecule has 1 aliphatic carbocycles. The van der Waals surface area contributed by atoms with Crippen LogP contribution in [0.2, 0.25) is 0 Å². The van der Waals surface area contributed by atoms with E-state index in [2.05, 4.69) is 15.2 Å². The lowest BCUT2D eigenvalue weighted by Crippen LogP contribution is -2.52. The van der Waals surface area contributed by atoms with Crippen molar-refractivity contribution in [3.05, 3.63) is 88.4 Å². The van der Waals surface area contributed by atoms with Crippen molar-refractivity contribution in [2.45, 2.75) is 50.5 Å². The highest BCUT2D eigenvalue weighted by atomic mass is 19.1. The third-order valence-corrected chi connectivity index (χ3v) is 8.19. The van der Waals surface area contributed by atoms with Crippen molar-refractivity contribution in [2.75, 3.05) is 6.61 Å². The van der Waals surface area contributed by atoms with Gasteiger partial charge in [0, 0.05) is 61.2 Å². The van der Waals surface area contributed by atoms with Crippen molar-refractivity contribution in [3.63, 3.8) is 0 Å². The van der Waals surface area contributed by atoms with E-state index in [-0.39, 0.29) is 47.6 Å². The Morgan fingerprint density at radius 3 is 2.56 bits per heavy atom. The second-order valence-corrected chi connectivity index (χ2v) is 10.1.